The number of carboxylic acid groups (broad SMARTS) is 1. The normalized spacial score (nSPS) is 9.38. The van der Waals surface area contributed by atoms with E-state index in [4.69, 9.17) is 15.6 Å². The summed E-state index contributed by atoms with van der Waals surface area (Å²) in [4.78, 5) is 18.1. The van der Waals surface area contributed by atoms with Crippen molar-refractivity contribution in [3.05, 3.63) is 23.8 Å². The van der Waals surface area contributed by atoms with Gasteiger partial charge in [-0.05, 0) is 12.1 Å². The van der Waals surface area contributed by atoms with Gasteiger partial charge in [0.05, 0.1) is 0 Å². The third kappa shape index (κ3) is 1.86. The molecule has 0 aliphatic heterocycles. The summed E-state index contributed by atoms with van der Waals surface area (Å²) in [6.07, 6.45) is 0. The number of hydrogen-bond donors (Lipinski definition) is 3. The Kier molecular flexibility index (Phi) is 2.68. The molecule has 1 rings (SSSR count). The number of rotatable bonds is 3. The number of aromatic carboxylic acids is 1. The van der Waals surface area contributed by atoms with Crippen LogP contribution in [0, 0.1) is 0 Å². The SMILES string of the molecule is O=C(O)c1cc(OO)ccc1OO. The van der Waals surface area contributed by atoms with Gasteiger partial charge in [-0.15, -0.1) is 0 Å². The summed E-state index contributed by atoms with van der Waals surface area (Å²) in [5.74, 6) is -1.59. The molecular weight excluding hydrogens is 180 g/mol. The first-order chi connectivity index (χ1) is 6.19. The van der Waals surface area contributed by atoms with Gasteiger partial charge in [-0.3, -0.25) is 0 Å². The van der Waals surface area contributed by atoms with Crippen molar-refractivity contribution in [2.24, 2.45) is 0 Å². The fourth-order valence-corrected chi connectivity index (χ4v) is 0.813. The van der Waals surface area contributed by atoms with E-state index in [1.165, 1.54) is 6.07 Å². The van der Waals surface area contributed by atoms with Gasteiger partial charge >= 0.3 is 5.97 Å². The molecule has 0 saturated carbocycles. The quantitative estimate of drug-likeness (QED) is 0.483. The summed E-state index contributed by atoms with van der Waals surface area (Å²) in [6.45, 7) is 0. The second-order valence-corrected chi connectivity index (χ2v) is 2.15. The molecule has 3 N–H and O–H groups in total. The van der Waals surface area contributed by atoms with Gasteiger partial charge in [0.15, 0.2) is 11.5 Å². The van der Waals surface area contributed by atoms with Crippen LogP contribution < -0.4 is 9.78 Å². The molecule has 6 heteroatoms. The van der Waals surface area contributed by atoms with Crippen LogP contribution >= 0.6 is 0 Å². The molecule has 70 valence electrons. The highest BCUT2D eigenvalue weighted by atomic mass is 17.1. The molecule has 0 atom stereocenters. The number of carbonyl (C=O) groups is 1. The van der Waals surface area contributed by atoms with Gasteiger partial charge in [0, 0.05) is 6.07 Å². The lowest BCUT2D eigenvalue weighted by Gasteiger charge is -2.02. The van der Waals surface area contributed by atoms with Crippen LogP contribution in [0.4, 0.5) is 0 Å². The number of carboxylic acids is 1. The molecule has 6 nitrogen and oxygen atoms in total. The van der Waals surface area contributed by atoms with E-state index < -0.39 is 5.97 Å². The van der Waals surface area contributed by atoms with E-state index >= 15 is 0 Å². The van der Waals surface area contributed by atoms with Crippen LogP contribution in [0.3, 0.4) is 0 Å². The minimum Gasteiger partial charge on any atom is -0.478 e. The average molecular weight is 186 g/mol. The van der Waals surface area contributed by atoms with E-state index in [0.29, 0.717) is 0 Å². The van der Waals surface area contributed by atoms with E-state index in [1.807, 2.05) is 0 Å². The zero-order valence-corrected chi connectivity index (χ0v) is 6.30. The maximum Gasteiger partial charge on any atom is 0.339 e. The van der Waals surface area contributed by atoms with Crippen molar-refractivity contribution in [3.63, 3.8) is 0 Å². The van der Waals surface area contributed by atoms with Crippen LogP contribution in [0.25, 0.3) is 0 Å². The molecular formula is C7H6O6. The van der Waals surface area contributed by atoms with Crippen molar-refractivity contribution in [2.45, 2.75) is 0 Å². The van der Waals surface area contributed by atoms with Crippen LogP contribution in [0.1, 0.15) is 10.4 Å². The molecule has 13 heavy (non-hydrogen) atoms. The first-order valence-corrected chi connectivity index (χ1v) is 3.19. The lowest BCUT2D eigenvalue weighted by Crippen LogP contribution is -2.01. The molecule has 0 fully saturated rings. The van der Waals surface area contributed by atoms with Crippen molar-refractivity contribution in [2.75, 3.05) is 0 Å². The maximum absolute atomic E-state index is 10.5. The van der Waals surface area contributed by atoms with Crippen LogP contribution in [-0.4, -0.2) is 21.6 Å². The predicted octanol–water partition coefficient (Wildman–Crippen LogP) is 1.09. The summed E-state index contributed by atoms with van der Waals surface area (Å²) in [5.41, 5.74) is -0.311. The van der Waals surface area contributed by atoms with Gasteiger partial charge in [0.25, 0.3) is 0 Å². The van der Waals surface area contributed by atoms with Crippen LogP contribution in [-0.2, 0) is 0 Å². The summed E-state index contributed by atoms with van der Waals surface area (Å²) in [6, 6.07) is 3.39. The van der Waals surface area contributed by atoms with Gasteiger partial charge in [0.2, 0.25) is 0 Å². The zero-order chi connectivity index (χ0) is 9.84. The Bertz CT molecular complexity index is 321. The third-order valence-electron chi connectivity index (χ3n) is 1.39. The summed E-state index contributed by atoms with van der Waals surface area (Å²) < 4.78 is 0. The molecule has 0 aliphatic rings. The number of hydrogen-bond acceptors (Lipinski definition) is 5. The molecule has 0 spiro atoms. The lowest BCUT2D eigenvalue weighted by atomic mass is 10.2. The van der Waals surface area contributed by atoms with Crippen LogP contribution in [0.5, 0.6) is 11.5 Å². The molecule has 0 amide bonds. The second kappa shape index (κ2) is 3.74. The average Bonchev–Trinajstić information content (AvgIpc) is 2.16. The fraction of sp³-hybridized carbons (Fsp3) is 0. The van der Waals surface area contributed by atoms with Crippen molar-refractivity contribution in [1.82, 2.24) is 0 Å². The zero-order valence-electron chi connectivity index (χ0n) is 6.30. The molecule has 1 aromatic carbocycles. The molecule has 0 radical (unpaired) electrons. The topological polar surface area (TPSA) is 96.2 Å². The number of benzene rings is 1. The third-order valence-corrected chi connectivity index (χ3v) is 1.39. The van der Waals surface area contributed by atoms with Gasteiger partial charge < -0.3 is 14.9 Å². The molecule has 0 heterocycles. The van der Waals surface area contributed by atoms with Crippen molar-refractivity contribution >= 4 is 5.97 Å². The predicted molar refractivity (Wildman–Crippen MR) is 39.9 cm³/mol. The fourth-order valence-electron chi connectivity index (χ4n) is 0.813. The Balaban J connectivity index is 3.18. The minimum atomic E-state index is -1.30. The maximum atomic E-state index is 10.5. The van der Waals surface area contributed by atoms with Crippen molar-refractivity contribution in [1.29, 1.82) is 0 Å². The summed E-state index contributed by atoms with van der Waals surface area (Å²) >= 11 is 0. The molecule has 0 saturated heterocycles. The highest BCUT2D eigenvalue weighted by Crippen LogP contribution is 2.23. The van der Waals surface area contributed by atoms with Gasteiger partial charge in [-0.1, -0.05) is 0 Å². The van der Waals surface area contributed by atoms with E-state index in [2.05, 4.69) is 9.78 Å². The van der Waals surface area contributed by atoms with Gasteiger partial charge in [0.1, 0.15) is 5.56 Å². The monoisotopic (exact) mass is 186 g/mol. The Morgan fingerprint density at radius 3 is 2.38 bits per heavy atom. The van der Waals surface area contributed by atoms with Crippen molar-refractivity contribution in [3.8, 4) is 11.5 Å². The van der Waals surface area contributed by atoms with Gasteiger partial charge in [-0.2, -0.15) is 0 Å². The summed E-state index contributed by atoms with van der Waals surface area (Å²) in [7, 11) is 0. The summed E-state index contributed by atoms with van der Waals surface area (Å²) in [5, 5.41) is 25.1. The molecule has 0 aliphatic carbocycles. The van der Waals surface area contributed by atoms with Crippen LogP contribution in [0.2, 0.25) is 0 Å². The van der Waals surface area contributed by atoms with Gasteiger partial charge in [-0.25, -0.2) is 15.3 Å². The molecule has 0 aromatic heterocycles. The van der Waals surface area contributed by atoms with E-state index in [-0.39, 0.29) is 17.1 Å². The van der Waals surface area contributed by atoms with E-state index in [9.17, 15) is 4.79 Å². The Hall–Kier alpha value is -1.79. The first kappa shape index (κ1) is 9.30. The van der Waals surface area contributed by atoms with Crippen LogP contribution in [0.15, 0.2) is 18.2 Å². The minimum absolute atomic E-state index is 0.0572. The van der Waals surface area contributed by atoms with Crippen molar-refractivity contribution < 1.29 is 30.2 Å². The Morgan fingerprint density at radius 1 is 1.23 bits per heavy atom. The van der Waals surface area contributed by atoms with E-state index in [1.54, 1.807) is 0 Å². The largest absolute Gasteiger partial charge is 0.478 e. The molecule has 0 unspecified atom stereocenters. The van der Waals surface area contributed by atoms with E-state index in [0.717, 1.165) is 12.1 Å². The highest BCUT2D eigenvalue weighted by molar-refractivity contribution is 5.91. The first-order valence-electron chi connectivity index (χ1n) is 3.19. The standard InChI is InChI=1S/C7H6O6/c8-7(9)5-3-4(12-10)1-2-6(5)13-11/h1-3,10-11H,(H,8,9). The Morgan fingerprint density at radius 2 is 1.92 bits per heavy atom. The smallest absolute Gasteiger partial charge is 0.339 e. The second-order valence-electron chi connectivity index (χ2n) is 2.15. The lowest BCUT2D eigenvalue weighted by molar-refractivity contribution is -0.141. The molecule has 1 aromatic rings. The highest BCUT2D eigenvalue weighted by Gasteiger charge is 2.13. The molecule has 0 bridgehead atoms. The Labute approximate surface area is 72.4 Å².